The molecule has 0 saturated carbocycles. The van der Waals surface area contributed by atoms with Crippen LogP contribution in [0.4, 0.5) is 23.2 Å². The molecule has 1 heterocycles. The second-order valence-electron chi connectivity index (χ2n) is 9.38. The molecule has 0 saturated heterocycles. The summed E-state index contributed by atoms with van der Waals surface area (Å²) < 4.78 is 80.6. The summed E-state index contributed by atoms with van der Waals surface area (Å²) in [5, 5.41) is 4.99. The molecule has 1 amide bonds. The second kappa shape index (κ2) is 13.0. The molecule has 3 aromatic rings. The molecule has 7 nitrogen and oxygen atoms in total. The molecule has 1 aromatic heterocycles. The average molecular weight is 601 g/mol. The molecule has 13 heteroatoms. The molecule has 0 aliphatic heterocycles. The first-order valence-corrected chi connectivity index (χ1v) is 14.6. The summed E-state index contributed by atoms with van der Waals surface area (Å²) in [5.41, 5.74) is -1.39. The van der Waals surface area contributed by atoms with Gasteiger partial charge in [0.25, 0.3) is 5.91 Å². The Morgan fingerprint density at radius 1 is 1.18 bits per heavy atom. The van der Waals surface area contributed by atoms with Gasteiger partial charge in [-0.05, 0) is 43.3 Å². The van der Waals surface area contributed by atoms with Crippen molar-refractivity contribution in [3.05, 3.63) is 81.9 Å². The van der Waals surface area contributed by atoms with Crippen LogP contribution in [0.1, 0.15) is 47.6 Å². The van der Waals surface area contributed by atoms with E-state index in [-0.39, 0.29) is 46.7 Å². The number of hydrogen-bond acceptors (Lipinski definition) is 6. The van der Waals surface area contributed by atoms with Crippen LogP contribution in [0.5, 0.6) is 5.75 Å². The Bertz CT molecular complexity index is 1480. The van der Waals surface area contributed by atoms with E-state index in [2.05, 4.69) is 15.6 Å². The molecule has 0 aliphatic rings. The van der Waals surface area contributed by atoms with E-state index >= 15 is 0 Å². The first-order chi connectivity index (χ1) is 18.6. The predicted octanol–water partition coefficient (Wildman–Crippen LogP) is 6.54. The molecule has 40 heavy (non-hydrogen) atoms. The van der Waals surface area contributed by atoms with Crippen LogP contribution >= 0.6 is 11.6 Å². The Balaban J connectivity index is 1.97. The standard InChI is InChI=1S/C27H29ClF4N4O3S/c1-16(2)34-10-5-11-39-24-13-18(29)9-8-17(24)12-23-21(15-22(28)25(36-23)27(30,31)32)26(37)35-19-6-4-7-20(14-19)40(3,33)38/h4,6-9,13-16,33-34H,5,10-12H2,1-3H3,(H,35,37)/t40-/m1/s1. The lowest BCUT2D eigenvalue weighted by Gasteiger charge is -2.17. The Kier molecular flexibility index (Phi) is 10.1. The molecule has 0 unspecified atom stereocenters. The summed E-state index contributed by atoms with van der Waals surface area (Å²) in [6.45, 7) is 4.84. The van der Waals surface area contributed by atoms with Crippen molar-refractivity contribution in [1.82, 2.24) is 10.3 Å². The van der Waals surface area contributed by atoms with Crippen LogP contribution in [0.2, 0.25) is 5.02 Å². The van der Waals surface area contributed by atoms with Crippen molar-refractivity contribution in [3.63, 3.8) is 0 Å². The minimum Gasteiger partial charge on any atom is -0.493 e. The van der Waals surface area contributed by atoms with Crippen molar-refractivity contribution in [2.45, 2.75) is 43.8 Å². The smallest absolute Gasteiger partial charge is 0.434 e. The largest absolute Gasteiger partial charge is 0.493 e. The minimum atomic E-state index is -4.89. The highest BCUT2D eigenvalue weighted by atomic mass is 35.5. The highest BCUT2D eigenvalue weighted by Gasteiger charge is 2.37. The van der Waals surface area contributed by atoms with Crippen LogP contribution in [-0.2, 0) is 22.3 Å². The SMILES string of the molecule is CC(C)NCCCOc1cc(F)ccc1Cc1nc(C(F)(F)F)c(Cl)cc1C(=O)Nc1cccc([S@](C)(=N)=O)c1. The summed E-state index contributed by atoms with van der Waals surface area (Å²) >= 11 is 5.89. The number of benzene rings is 2. The normalized spacial score (nSPS) is 13.2. The van der Waals surface area contributed by atoms with Gasteiger partial charge in [0.2, 0.25) is 0 Å². The molecule has 0 spiro atoms. The number of alkyl halides is 3. The van der Waals surface area contributed by atoms with Gasteiger partial charge in [0.15, 0.2) is 5.69 Å². The predicted molar refractivity (Wildman–Crippen MR) is 146 cm³/mol. The number of ether oxygens (including phenoxy) is 1. The number of aromatic nitrogens is 1. The van der Waals surface area contributed by atoms with Crippen LogP contribution < -0.4 is 15.4 Å². The summed E-state index contributed by atoms with van der Waals surface area (Å²) in [6, 6.07) is 10.5. The van der Waals surface area contributed by atoms with E-state index < -0.39 is 38.3 Å². The molecule has 0 radical (unpaired) electrons. The maximum Gasteiger partial charge on any atom is 0.434 e. The van der Waals surface area contributed by atoms with Crippen molar-refractivity contribution in [2.24, 2.45) is 0 Å². The number of nitrogens with zero attached hydrogens (tertiary/aromatic N) is 1. The monoisotopic (exact) mass is 600 g/mol. The number of anilines is 1. The van der Waals surface area contributed by atoms with Gasteiger partial charge in [0, 0.05) is 40.9 Å². The van der Waals surface area contributed by atoms with Gasteiger partial charge in [0.1, 0.15) is 11.6 Å². The maximum atomic E-state index is 14.0. The number of carbonyl (C=O) groups is 1. The van der Waals surface area contributed by atoms with Gasteiger partial charge in [0.05, 0.1) is 32.6 Å². The lowest BCUT2D eigenvalue weighted by Crippen LogP contribution is -2.24. The van der Waals surface area contributed by atoms with Gasteiger partial charge in [-0.2, -0.15) is 13.2 Å². The highest BCUT2D eigenvalue weighted by molar-refractivity contribution is 7.91. The molecule has 3 rings (SSSR count). The lowest BCUT2D eigenvalue weighted by atomic mass is 10.0. The average Bonchev–Trinajstić information content (AvgIpc) is 2.84. The van der Waals surface area contributed by atoms with Crippen molar-refractivity contribution in [3.8, 4) is 5.75 Å². The summed E-state index contributed by atoms with van der Waals surface area (Å²) in [5.74, 6) is -1.31. The van der Waals surface area contributed by atoms with Crippen LogP contribution in [0, 0.1) is 10.6 Å². The number of rotatable bonds is 11. The zero-order chi connectivity index (χ0) is 29.7. The zero-order valence-electron chi connectivity index (χ0n) is 22.0. The molecule has 0 bridgehead atoms. The van der Waals surface area contributed by atoms with Gasteiger partial charge >= 0.3 is 6.18 Å². The van der Waals surface area contributed by atoms with Gasteiger partial charge in [-0.15, -0.1) is 0 Å². The molecule has 0 aliphatic carbocycles. The first kappa shape index (κ1) is 31.3. The zero-order valence-corrected chi connectivity index (χ0v) is 23.6. The molecular weight excluding hydrogens is 572 g/mol. The lowest BCUT2D eigenvalue weighted by molar-refractivity contribution is -0.141. The topological polar surface area (TPSA) is 104 Å². The van der Waals surface area contributed by atoms with Crippen LogP contribution in [0.25, 0.3) is 0 Å². The number of halogens is 5. The molecule has 3 N–H and O–H groups in total. The van der Waals surface area contributed by atoms with Crippen molar-refractivity contribution in [2.75, 3.05) is 24.7 Å². The third-order valence-electron chi connectivity index (χ3n) is 5.63. The van der Waals surface area contributed by atoms with Gasteiger partial charge < -0.3 is 15.4 Å². The fourth-order valence-corrected chi connectivity index (χ4v) is 4.65. The van der Waals surface area contributed by atoms with E-state index in [1.165, 1.54) is 36.6 Å². The van der Waals surface area contributed by atoms with Crippen LogP contribution in [0.15, 0.2) is 53.4 Å². The fourth-order valence-electron chi connectivity index (χ4n) is 3.71. The van der Waals surface area contributed by atoms with E-state index in [4.69, 9.17) is 21.1 Å². The minimum absolute atomic E-state index is 0.113. The van der Waals surface area contributed by atoms with Gasteiger partial charge in [-0.25, -0.2) is 18.4 Å². The van der Waals surface area contributed by atoms with Crippen LogP contribution in [0.3, 0.4) is 0 Å². The van der Waals surface area contributed by atoms with Gasteiger partial charge in [-0.3, -0.25) is 4.79 Å². The van der Waals surface area contributed by atoms with E-state index in [1.807, 2.05) is 13.8 Å². The fraction of sp³-hybridized carbons (Fsp3) is 0.333. The number of hydrogen-bond donors (Lipinski definition) is 3. The van der Waals surface area contributed by atoms with Crippen LogP contribution in [-0.4, -0.2) is 40.5 Å². The highest BCUT2D eigenvalue weighted by Crippen LogP contribution is 2.35. The summed E-state index contributed by atoms with van der Waals surface area (Å²) in [4.78, 5) is 17.1. The Hall–Kier alpha value is -3.22. The molecule has 2 aromatic carbocycles. The molecule has 216 valence electrons. The van der Waals surface area contributed by atoms with E-state index in [9.17, 15) is 26.6 Å². The number of nitrogens with one attached hydrogen (secondary N) is 3. The van der Waals surface area contributed by atoms with Crippen molar-refractivity contribution < 1.29 is 31.3 Å². The number of amides is 1. The second-order valence-corrected chi connectivity index (χ2v) is 11.9. The van der Waals surface area contributed by atoms with Crippen molar-refractivity contribution in [1.29, 1.82) is 4.78 Å². The summed E-state index contributed by atoms with van der Waals surface area (Å²) in [7, 11) is -3.09. The molecule has 0 fully saturated rings. The quantitative estimate of drug-likeness (QED) is 0.171. The van der Waals surface area contributed by atoms with Gasteiger partial charge in [-0.1, -0.05) is 37.6 Å². The number of carbonyl (C=O) groups excluding carboxylic acids is 1. The Labute approximate surface area is 235 Å². The van der Waals surface area contributed by atoms with E-state index in [0.29, 0.717) is 18.5 Å². The van der Waals surface area contributed by atoms with Crippen molar-refractivity contribution >= 4 is 32.9 Å². The number of pyridine rings is 1. The van der Waals surface area contributed by atoms with E-state index in [0.717, 1.165) is 18.2 Å². The van der Waals surface area contributed by atoms with E-state index in [1.54, 1.807) is 0 Å². The first-order valence-electron chi connectivity index (χ1n) is 12.2. The Morgan fingerprint density at radius 2 is 1.90 bits per heavy atom. The molecular formula is C27H29ClF4N4O3S. The third-order valence-corrected chi connectivity index (χ3v) is 7.07. The summed E-state index contributed by atoms with van der Waals surface area (Å²) in [6.07, 6.45) is -3.37. The molecule has 1 atom stereocenters. The third kappa shape index (κ3) is 8.64. The Morgan fingerprint density at radius 3 is 2.55 bits per heavy atom. The maximum absolute atomic E-state index is 14.0.